The normalized spacial score (nSPS) is 15.0. The predicted molar refractivity (Wildman–Crippen MR) is 86.6 cm³/mol. The number of benzene rings is 1. The molecule has 0 saturated heterocycles. The maximum atomic E-state index is 8.80. The molecule has 2 heterocycles. The molecule has 1 N–H and O–H groups in total. The number of hydrogen-bond acceptors (Lipinski definition) is 6. The molecule has 0 spiro atoms. The van der Waals surface area contributed by atoms with Crippen molar-refractivity contribution in [1.82, 2.24) is 0 Å². The van der Waals surface area contributed by atoms with Crippen molar-refractivity contribution in [3.63, 3.8) is 0 Å². The van der Waals surface area contributed by atoms with E-state index in [1.165, 1.54) is 22.2 Å². The van der Waals surface area contributed by atoms with E-state index in [1.807, 2.05) is 12.1 Å². The van der Waals surface area contributed by atoms with Crippen molar-refractivity contribution < 1.29 is 0 Å². The Hall–Kier alpha value is -0.870. The van der Waals surface area contributed by atoms with Crippen molar-refractivity contribution in [2.75, 3.05) is 5.32 Å². The summed E-state index contributed by atoms with van der Waals surface area (Å²) in [6.07, 6.45) is 0. The molecule has 0 aliphatic carbocycles. The van der Waals surface area contributed by atoms with Crippen LogP contribution in [-0.2, 0) is 5.54 Å². The van der Waals surface area contributed by atoms with E-state index in [9.17, 15) is 0 Å². The summed E-state index contributed by atoms with van der Waals surface area (Å²) < 4.78 is 0.940. The van der Waals surface area contributed by atoms with Crippen LogP contribution >= 0.6 is 44.7 Å². The molecule has 19 heavy (non-hydrogen) atoms. The molecular formula is C13H10N2S4. The lowest BCUT2D eigenvalue weighted by Crippen LogP contribution is -2.30. The van der Waals surface area contributed by atoms with Crippen LogP contribution in [0, 0.1) is 14.5 Å². The largest absolute Gasteiger partial charge is 0.375 e. The van der Waals surface area contributed by atoms with Gasteiger partial charge < -0.3 is 5.32 Å². The van der Waals surface area contributed by atoms with Gasteiger partial charge in [-0.3, -0.25) is 0 Å². The van der Waals surface area contributed by atoms with Crippen molar-refractivity contribution in [2.24, 2.45) is 0 Å². The molecule has 0 saturated carbocycles. The van der Waals surface area contributed by atoms with Crippen LogP contribution in [-0.4, -0.2) is 0 Å². The molecule has 2 aromatic rings. The summed E-state index contributed by atoms with van der Waals surface area (Å²) in [4.78, 5) is 2.24. The zero-order valence-electron chi connectivity index (χ0n) is 10.3. The lowest BCUT2D eigenvalue weighted by Gasteiger charge is -2.33. The standard InChI is InChI=1S/C13H10N2S4/c1-13(2)11-10(12(16)19-18-11)8-5-7(17-6-14)3-4-9(8)15-13/h3-5,15H,1-2H3. The van der Waals surface area contributed by atoms with Gasteiger partial charge in [-0.15, -0.1) is 0 Å². The smallest absolute Gasteiger partial charge is 0.138 e. The third kappa shape index (κ3) is 2.11. The predicted octanol–water partition coefficient (Wildman–Crippen LogP) is 5.44. The summed E-state index contributed by atoms with van der Waals surface area (Å²) in [5.41, 5.74) is 3.29. The molecule has 0 amide bonds. The highest BCUT2D eigenvalue weighted by Crippen LogP contribution is 2.49. The monoisotopic (exact) mass is 322 g/mol. The molecule has 6 heteroatoms. The Kier molecular flexibility index (Phi) is 3.18. The summed E-state index contributed by atoms with van der Waals surface area (Å²) in [6.45, 7) is 4.34. The Bertz CT molecular complexity index is 749. The number of thiocyanates is 1. The van der Waals surface area contributed by atoms with E-state index >= 15 is 0 Å². The quantitative estimate of drug-likeness (QED) is 0.328. The van der Waals surface area contributed by atoms with Crippen LogP contribution in [0.4, 0.5) is 5.69 Å². The minimum Gasteiger partial charge on any atom is -0.375 e. The van der Waals surface area contributed by atoms with Crippen molar-refractivity contribution in [3.05, 3.63) is 26.9 Å². The van der Waals surface area contributed by atoms with E-state index in [0.717, 1.165) is 20.0 Å². The zero-order chi connectivity index (χ0) is 13.6. The zero-order valence-corrected chi connectivity index (χ0v) is 13.6. The van der Waals surface area contributed by atoms with Crippen LogP contribution < -0.4 is 5.32 Å². The molecule has 3 rings (SSSR count). The topological polar surface area (TPSA) is 35.8 Å². The fraction of sp³-hybridized carbons (Fsp3) is 0.231. The van der Waals surface area contributed by atoms with Crippen LogP contribution in [0.2, 0.25) is 0 Å². The summed E-state index contributed by atoms with van der Waals surface area (Å²) in [7, 11) is 3.39. The maximum Gasteiger partial charge on any atom is 0.138 e. The highest BCUT2D eigenvalue weighted by atomic mass is 32.9. The second-order valence-electron chi connectivity index (χ2n) is 4.81. The van der Waals surface area contributed by atoms with E-state index in [-0.39, 0.29) is 5.54 Å². The lowest BCUT2D eigenvalue weighted by atomic mass is 9.90. The third-order valence-electron chi connectivity index (χ3n) is 3.07. The van der Waals surface area contributed by atoms with E-state index in [4.69, 9.17) is 17.5 Å². The number of rotatable bonds is 1. The van der Waals surface area contributed by atoms with Gasteiger partial charge >= 0.3 is 0 Å². The SMILES string of the molecule is CC1(C)Nc2ccc(SC#N)cc2-c2c1ssc2=S. The van der Waals surface area contributed by atoms with Gasteiger partial charge in [-0.25, -0.2) is 0 Å². The molecule has 0 atom stereocenters. The number of hydrogen-bond donors (Lipinski definition) is 1. The average Bonchev–Trinajstić information content (AvgIpc) is 2.74. The molecule has 0 radical (unpaired) electrons. The van der Waals surface area contributed by atoms with Crippen LogP contribution in [0.5, 0.6) is 0 Å². The molecule has 1 aromatic heterocycles. The van der Waals surface area contributed by atoms with Crippen molar-refractivity contribution in [3.8, 4) is 16.5 Å². The van der Waals surface area contributed by atoms with E-state index in [2.05, 4.69) is 30.6 Å². The molecular weight excluding hydrogens is 312 g/mol. The summed E-state index contributed by atoms with van der Waals surface area (Å²) >= 11 is 6.67. The fourth-order valence-electron chi connectivity index (χ4n) is 2.25. The first-order chi connectivity index (χ1) is 9.03. The van der Waals surface area contributed by atoms with Crippen molar-refractivity contribution in [1.29, 1.82) is 5.26 Å². The highest BCUT2D eigenvalue weighted by Gasteiger charge is 2.33. The lowest BCUT2D eigenvalue weighted by molar-refractivity contribution is 0.620. The number of nitrogens with one attached hydrogen (secondary N) is 1. The van der Waals surface area contributed by atoms with Crippen LogP contribution in [0.25, 0.3) is 11.1 Å². The van der Waals surface area contributed by atoms with Gasteiger partial charge in [0, 0.05) is 21.7 Å². The first kappa shape index (κ1) is 13.1. The van der Waals surface area contributed by atoms with E-state index in [1.54, 1.807) is 20.7 Å². The van der Waals surface area contributed by atoms with Crippen LogP contribution in [0.3, 0.4) is 0 Å². The number of anilines is 1. The summed E-state index contributed by atoms with van der Waals surface area (Å²) in [5.74, 6) is 0. The second-order valence-corrected chi connectivity index (χ2v) is 8.48. The Morgan fingerprint density at radius 2 is 2.16 bits per heavy atom. The molecule has 0 unspecified atom stereocenters. The van der Waals surface area contributed by atoms with Gasteiger partial charge in [0.15, 0.2) is 0 Å². The first-order valence-corrected chi connectivity index (χ1v) is 9.02. The summed E-state index contributed by atoms with van der Waals surface area (Å²) in [6, 6.07) is 6.07. The van der Waals surface area contributed by atoms with Crippen LogP contribution in [0.1, 0.15) is 18.7 Å². The van der Waals surface area contributed by atoms with Crippen molar-refractivity contribution >= 4 is 50.3 Å². The molecule has 1 aliphatic rings. The first-order valence-electron chi connectivity index (χ1n) is 5.65. The molecule has 2 nitrogen and oxygen atoms in total. The Morgan fingerprint density at radius 1 is 1.37 bits per heavy atom. The second kappa shape index (κ2) is 4.60. The number of thioether (sulfide) groups is 1. The fourth-order valence-corrected chi connectivity index (χ4v) is 5.93. The number of fused-ring (bicyclic) bond motifs is 3. The van der Waals surface area contributed by atoms with Gasteiger partial charge in [-0.2, -0.15) is 5.26 Å². The molecule has 1 aromatic carbocycles. The molecule has 96 valence electrons. The Labute approximate surface area is 128 Å². The van der Waals surface area contributed by atoms with Gasteiger partial charge in [0.25, 0.3) is 0 Å². The number of nitrogens with zero attached hydrogens (tertiary/aromatic N) is 1. The molecule has 1 aliphatic heterocycles. The molecule has 0 fully saturated rings. The maximum absolute atomic E-state index is 8.80. The average molecular weight is 323 g/mol. The van der Waals surface area contributed by atoms with Crippen molar-refractivity contribution in [2.45, 2.75) is 24.3 Å². The van der Waals surface area contributed by atoms with Gasteiger partial charge in [0.2, 0.25) is 0 Å². The summed E-state index contributed by atoms with van der Waals surface area (Å²) in [5, 5.41) is 14.5. The van der Waals surface area contributed by atoms with Gasteiger partial charge in [0.1, 0.15) is 9.23 Å². The molecule has 0 bridgehead atoms. The van der Waals surface area contributed by atoms with Crippen LogP contribution in [0.15, 0.2) is 23.1 Å². The minimum atomic E-state index is -0.0928. The van der Waals surface area contributed by atoms with E-state index < -0.39 is 0 Å². The highest BCUT2D eigenvalue weighted by molar-refractivity contribution is 8.03. The van der Waals surface area contributed by atoms with E-state index in [0.29, 0.717) is 0 Å². The number of nitriles is 1. The third-order valence-corrected chi connectivity index (χ3v) is 6.99. The minimum absolute atomic E-state index is 0.0928. The Balaban J connectivity index is 2.27. The van der Waals surface area contributed by atoms with Gasteiger partial charge in [-0.1, -0.05) is 32.9 Å². The van der Waals surface area contributed by atoms with Gasteiger partial charge in [-0.05, 0) is 43.8 Å². The Morgan fingerprint density at radius 3 is 2.89 bits per heavy atom. The van der Waals surface area contributed by atoms with Gasteiger partial charge in [0.05, 0.1) is 10.4 Å².